The van der Waals surface area contributed by atoms with E-state index in [9.17, 15) is 0 Å². The van der Waals surface area contributed by atoms with Gasteiger partial charge in [-0.2, -0.15) is 0 Å². The van der Waals surface area contributed by atoms with Crippen LogP contribution < -0.4 is 10.1 Å². The van der Waals surface area contributed by atoms with E-state index >= 15 is 0 Å². The minimum Gasteiger partial charge on any atom is -0.488 e. The molecule has 1 unspecified atom stereocenters. The van der Waals surface area contributed by atoms with E-state index in [1.165, 1.54) is 19.3 Å². The summed E-state index contributed by atoms with van der Waals surface area (Å²) in [5.74, 6) is -0.0369. The zero-order chi connectivity index (χ0) is 20.4. The van der Waals surface area contributed by atoms with Crippen LogP contribution >= 0.6 is 0 Å². The summed E-state index contributed by atoms with van der Waals surface area (Å²) in [5, 5.41) is 3.46. The second-order valence-corrected chi connectivity index (χ2v) is 9.30. The number of benzene rings is 1. The first kappa shape index (κ1) is 20.9. The molecule has 162 valence electrons. The van der Waals surface area contributed by atoms with Crippen molar-refractivity contribution in [1.82, 2.24) is 0 Å². The van der Waals surface area contributed by atoms with Crippen molar-refractivity contribution in [2.24, 2.45) is 0 Å². The minimum atomic E-state index is -0.565. The third-order valence-electron chi connectivity index (χ3n) is 5.96. The van der Waals surface area contributed by atoms with Crippen LogP contribution in [0, 0.1) is 0 Å². The lowest BCUT2D eigenvalue weighted by atomic mass is 9.94. The summed E-state index contributed by atoms with van der Waals surface area (Å²) >= 11 is 0. The Kier molecular flexibility index (Phi) is 6.07. The van der Waals surface area contributed by atoms with Crippen molar-refractivity contribution in [2.75, 3.05) is 31.7 Å². The minimum absolute atomic E-state index is 0.107. The van der Waals surface area contributed by atoms with Gasteiger partial charge in [0.05, 0.1) is 19.8 Å². The van der Waals surface area contributed by atoms with Gasteiger partial charge in [-0.1, -0.05) is 6.42 Å². The second kappa shape index (κ2) is 8.42. The molecule has 2 aliphatic heterocycles. The van der Waals surface area contributed by atoms with Crippen LogP contribution in [0.5, 0.6) is 5.75 Å². The molecule has 0 bridgehead atoms. The average Bonchev–Trinajstić information content (AvgIpc) is 3.27. The topological polar surface area (TPSA) is 58.2 Å². The molecule has 1 spiro atoms. The Bertz CT molecular complexity index is 662. The second-order valence-electron chi connectivity index (χ2n) is 9.30. The lowest BCUT2D eigenvalue weighted by molar-refractivity contribution is -0.185. The largest absolute Gasteiger partial charge is 0.488 e. The molecule has 1 N–H and O–H groups in total. The van der Waals surface area contributed by atoms with Gasteiger partial charge in [-0.25, -0.2) is 0 Å². The molecule has 4 rings (SSSR count). The highest BCUT2D eigenvalue weighted by molar-refractivity contribution is 5.46. The van der Waals surface area contributed by atoms with Crippen molar-refractivity contribution < 1.29 is 23.7 Å². The summed E-state index contributed by atoms with van der Waals surface area (Å²) in [5.41, 5.74) is 0.662. The Morgan fingerprint density at radius 1 is 1.03 bits per heavy atom. The van der Waals surface area contributed by atoms with Gasteiger partial charge in [0.2, 0.25) is 0 Å². The van der Waals surface area contributed by atoms with Crippen molar-refractivity contribution in [2.45, 2.75) is 82.6 Å². The van der Waals surface area contributed by atoms with Crippen molar-refractivity contribution in [3.63, 3.8) is 0 Å². The first-order chi connectivity index (χ1) is 13.9. The van der Waals surface area contributed by atoms with Gasteiger partial charge in [0.25, 0.3) is 0 Å². The summed E-state index contributed by atoms with van der Waals surface area (Å²) < 4.78 is 29.9. The summed E-state index contributed by atoms with van der Waals surface area (Å²) in [6.45, 7) is 8.81. The molecule has 3 aliphatic rings. The van der Waals surface area contributed by atoms with Crippen molar-refractivity contribution >= 4 is 5.69 Å². The molecule has 2 heterocycles. The van der Waals surface area contributed by atoms with Crippen LogP contribution in [0.2, 0.25) is 0 Å². The zero-order valence-electron chi connectivity index (χ0n) is 18.0. The van der Waals surface area contributed by atoms with E-state index in [-0.39, 0.29) is 11.9 Å². The van der Waals surface area contributed by atoms with Gasteiger partial charge in [-0.3, -0.25) is 0 Å². The third-order valence-corrected chi connectivity index (χ3v) is 5.96. The van der Waals surface area contributed by atoms with E-state index in [1.807, 2.05) is 31.2 Å². The van der Waals surface area contributed by atoms with E-state index in [0.29, 0.717) is 26.2 Å². The number of ether oxygens (including phenoxy) is 5. The lowest BCUT2D eigenvalue weighted by Crippen LogP contribution is -2.40. The Hall–Kier alpha value is -1.34. The molecular formula is C23H35NO5. The molecule has 0 radical (unpaired) electrons. The molecule has 1 aliphatic carbocycles. The number of nitrogens with one attached hydrogen (secondary N) is 1. The van der Waals surface area contributed by atoms with Gasteiger partial charge >= 0.3 is 0 Å². The highest BCUT2D eigenvalue weighted by Gasteiger charge is 2.42. The maximum absolute atomic E-state index is 6.24. The first-order valence-electron chi connectivity index (χ1n) is 11.0. The van der Waals surface area contributed by atoms with Crippen LogP contribution in [0.3, 0.4) is 0 Å². The SMILES string of the molecule is CC(C)(CC1(C)OCCO1)Oc1ccc(NCC2COC3(CCCCC3)O2)cc1. The molecule has 6 nitrogen and oxygen atoms in total. The fourth-order valence-electron chi connectivity index (χ4n) is 4.73. The van der Waals surface area contributed by atoms with Crippen LogP contribution in [-0.2, 0) is 18.9 Å². The van der Waals surface area contributed by atoms with Gasteiger partial charge in [0, 0.05) is 31.5 Å². The van der Waals surface area contributed by atoms with Gasteiger partial charge in [-0.15, -0.1) is 0 Å². The Labute approximate surface area is 174 Å². The Morgan fingerprint density at radius 3 is 2.41 bits per heavy atom. The van der Waals surface area contributed by atoms with Gasteiger partial charge in [-0.05, 0) is 57.9 Å². The van der Waals surface area contributed by atoms with E-state index in [2.05, 4.69) is 19.2 Å². The summed E-state index contributed by atoms with van der Waals surface area (Å²) in [6, 6.07) is 8.08. The van der Waals surface area contributed by atoms with E-state index in [1.54, 1.807) is 0 Å². The summed E-state index contributed by atoms with van der Waals surface area (Å²) in [7, 11) is 0. The predicted molar refractivity (Wildman–Crippen MR) is 111 cm³/mol. The maximum Gasteiger partial charge on any atom is 0.169 e. The Balaban J connectivity index is 1.25. The summed E-state index contributed by atoms with van der Waals surface area (Å²) in [6.07, 6.45) is 6.53. The van der Waals surface area contributed by atoms with Crippen LogP contribution in [0.4, 0.5) is 5.69 Å². The van der Waals surface area contributed by atoms with Gasteiger partial charge < -0.3 is 29.0 Å². The molecule has 1 atom stereocenters. The number of anilines is 1. The lowest BCUT2D eigenvalue weighted by Gasteiger charge is -2.33. The zero-order valence-corrected chi connectivity index (χ0v) is 18.0. The fourth-order valence-corrected chi connectivity index (χ4v) is 4.73. The number of rotatable bonds is 7. The Morgan fingerprint density at radius 2 is 1.72 bits per heavy atom. The fraction of sp³-hybridized carbons (Fsp3) is 0.739. The maximum atomic E-state index is 6.24. The van der Waals surface area contributed by atoms with Crippen LogP contribution in [0.25, 0.3) is 0 Å². The number of hydrogen-bond donors (Lipinski definition) is 1. The molecule has 1 saturated carbocycles. The molecule has 2 saturated heterocycles. The van der Waals surface area contributed by atoms with E-state index in [4.69, 9.17) is 23.7 Å². The molecule has 0 amide bonds. The van der Waals surface area contributed by atoms with Gasteiger partial charge in [0.15, 0.2) is 11.6 Å². The third kappa shape index (κ3) is 5.43. The van der Waals surface area contributed by atoms with Crippen molar-refractivity contribution in [1.29, 1.82) is 0 Å². The molecule has 29 heavy (non-hydrogen) atoms. The quantitative estimate of drug-likeness (QED) is 0.722. The van der Waals surface area contributed by atoms with E-state index < -0.39 is 11.4 Å². The number of hydrogen-bond acceptors (Lipinski definition) is 6. The van der Waals surface area contributed by atoms with Crippen molar-refractivity contribution in [3.05, 3.63) is 24.3 Å². The molecule has 3 fully saturated rings. The normalized spacial score (nSPS) is 26.0. The van der Waals surface area contributed by atoms with Crippen molar-refractivity contribution in [3.8, 4) is 5.75 Å². The molecule has 1 aromatic rings. The predicted octanol–water partition coefficient (Wildman–Crippen LogP) is 4.48. The molecule has 6 heteroatoms. The average molecular weight is 406 g/mol. The highest BCUT2D eigenvalue weighted by Crippen LogP contribution is 2.38. The molecular weight excluding hydrogens is 370 g/mol. The van der Waals surface area contributed by atoms with Crippen LogP contribution in [0.15, 0.2) is 24.3 Å². The summed E-state index contributed by atoms with van der Waals surface area (Å²) in [4.78, 5) is 0. The van der Waals surface area contributed by atoms with Gasteiger partial charge in [0.1, 0.15) is 17.5 Å². The standard InChI is InChI=1S/C23H35NO5/c1-21(2,17-22(3)25-13-14-26-22)28-19-9-7-18(8-10-19)24-15-20-16-27-23(29-20)11-5-4-6-12-23/h7-10,20,24H,4-6,11-17H2,1-3H3. The highest BCUT2D eigenvalue weighted by atomic mass is 16.7. The molecule has 0 aromatic heterocycles. The van der Waals surface area contributed by atoms with Crippen LogP contribution in [0.1, 0.15) is 59.3 Å². The first-order valence-corrected chi connectivity index (χ1v) is 11.0. The molecule has 1 aromatic carbocycles. The van der Waals surface area contributed by atoms with E-state index in [0.717, 1.165) is 30.8 Å². The monoisotopic (exact) mass is 405 g/mol. The smallest absolute Gasteiger partial charge is 0.169 e. The van der Waals surface area contributed by atoms with Crippen LogP contribution in [-0.4, -0.2) is 49.6 Å².